The van der Waals surface area contributed by atoms with E-state index < -0.39 is 30.4 Å². The molecule has 0 radical (unpaired) electrons. The van der Waals surface area contributed by atoms with E-state index in [1.165, 1.54) is 17.0 Å². The molecule has 11 heteroatoms. The number of hydrogen-bond donors (Lipinski definition) is 2. The van der Waals surface area contributed by atoms with Crippen molar-refractivity contribution in [3.05, 3.63) is 35.6 Å². The minimum absolute atomic E-state index is 0.0184. The van der Waals surface area contributed by atoms with Gasteiger partial charge in [-0.05, 0) is 60.2 Å². The first-order valence-corrected chi connectivity index (χ1v) is 11.1. The molecule has 0 unspecified atom stereocenters. The lowest BCUT2D eigenvalue weighted by Gasteiger charge is -2.28. The summed E-state index contributed by atoms with van der Waals surface area (Å²) in [6.45, 7) is 4.43. The van der Waals surface area contributed by atoms with Gasteiger partial charge in [0.05, 0.1) is 18.9 Å². The molecule has 0 aliphatic carbocycles. The largest absolute Gasteiger partial charge is 0.389 e. The fraction of sp³-hybridized carbons (Fsp3) is 0.478. The summed E-state index contributed by atoms with van der Waals surface area (Å²) < 4.78 is 58.1. The standard InChI is InChI=1S/C23H27F4N5O2/c1-14-8-18(24)19(29-22(33)32-3-2-15(13-32)12-23(25,26)27)11-17(14)16-9-20(28)30-21(10-16)31-4-6-34-7-5-31/h8-11,15H,2-7,12-13H2,1H3,(H2,28,30)(H,29,33)/t15-/m0/s1. The number of carbonyl (C=O) groups excluding carboxylic acids is 1. The number of likely N-dealkylation sites (tertiary alicyclic amines) is 1. The number of pyridine rings is 1. The highest BCUT2D eigenvalue weighted by atomic mass is 19.4. The molecule has 0 bridgehead atoms. The van der Waals surface area contributed by atoms with Crippen LogP contribution >= 0.6 is 0 Å². The maximum atomic E-state index is 14.7. The van der Waals surface area contributed by atoms with Crippen LogP contribution in [0.4, 0.5) is 39.7 Å². The average Bonchev–Trinajstić information content (AvgIpc) is 3.22. The molecule has 1 aromatic heterocycles. The summed E-state index contributed by atoms with van der Waals surface area (Å²) in [5.41, 5.74) is 8.01. The van der Waals surface area contributed by atoms with E-state index in [4.69, 9.17) is 10.5 Å². The molecule has 2 aromatic rings. The van der Waals surface area contributed by atoms with Crippen LogP contribution < -0.4 is 16.0 Å². The first-order chi connectivity index (χ1) is 16.1. The van der Waals surface area contributed by atoms with Gasteiger partial charge in [0.25, 0.3) is 0 Å². The molecule has 34 heavy (non-hydrogen) atoms. The van der Waals surface area contributed by atoms with Crippen LogP contribution in [0.3, 0.4) is 0 Å². The molecule has 7 nitrogen and oxygen atoms in total. The summed E-state index contributed by atoms with van der Waals surface area (Å²) >= 11 is 0. The molecule has 1 atom stereocenters. The Morgan fingerprint density at radius 1 is 1.21 bits per heavy atom. The molecular weight excluding hydrogens is 454 g/mol. The zero-order valence-corrected chi connectivity index (χ0v) is 18.8. The monoisotopic (exact) mass is 481 g/mol. The number of amides is 2. The van der Waals surface area contributed by atoms with Gasteiger partial charge in [-0.25, -0.2) is 14.2 Å². The van der Waals surface area contributed by atoms with Crippen LogP contribution in [0.2, 0.25) is 0 Å². The number of rotatable bonds is 4. The first-order valence-electron chi connectivity index (χ1n) is 11.1. The summed E-state index contributed by atoms with van der Waals surface area (Å²) in [6, 6.07) is 5.74. The summed E-state index contributed by atoms with van der Waals surface area (Å²) in [5.74, 6) is -0.292. The summed E-state index contributed by atoms with van der Waals surface area (Å²) in [4.78, 5) is 20.4. The van der Waals surface area contributed by atoms with Gasteiger partial charge in [0.1, 0.15) is 17.5 Å². The summed E-state index contributed by atoms with van der Waals surface area (Å²) in [7, 11) is 0. The molecule has 2 amide bonds. The number of morpholine rings is 1. The second-order valence-electron chi connectivity index (χ2n) is 8.74. The maximum Gasteiger partial charge on any atom is 0.389 e. The predicted molar refractivity (Wildman–Crippen MR) is 121 cm³/mol. The molecule has 1 aromatic carbocycles. The van der Waals surface area contributed by atoms with Gasteiger partial charge in [-0.2, -0.15) is 13.2 Å². The van der Waals surface area contributed by atoms with Gasteiger partial charge < -0.3 is 25.6 Å². The van der Waals surface area contributed by atoms with E-state index in [9.17, 15) is 22.4 Å². The number of nitrogen functional groups attached to an aromatic ring is 1. The molecule has 3 heterocycles. The molecule has 4 rings (SSSR count). The third-order valence-electron chi connectivity index (χ3n) is 6.13. The van der Waals surface area contributed by atoms with Gasteiger partial charge in [-0.3, -0.25) is 0 Å². The maximum absolute atomic E-state index is 14.7. The SMILES string of the molecule is Cc1cc(F)c(NC(=O)N2CC[C@@H](CC(F)(F)F)C2)cc1-c1cc(N)nc(N2CCOCC2)c1. The number of alkyl halides is 3. The van der Waals surface area contributed by atoms with Crippen molar-refractivity contribution in [3.8, 4) is 11.1 Å². The Hall–Kier alpha value is -3.08. The quantitative estimate of drug-likeness (QED) is 0.632. The Morgan fingerprint density at radius 2 is 1.94 bits per heavy atom. The molecule has 0 spiro atoms. The van der Waals surface area contributed by atoms with Crippen molar-refractivity contribution < 1.29 is 27.1 Å². The molecular formula is C23H27F4N5O2. The van der Waals surface area contributed by atoms with Crippen molar-refractivity contribution in [1.82, 2.24) is 9.88 Å². The lowest BCUT2D eigenvalue weighted by Crippen LogP contribution is -2.36. The summed E-state index contributed by atoms with van der Waals surface area (Å²) in [5, 5.41) is 2.52. The Balaban J connectivity index is 1.54. The zero-order chi connectivity index (χ0) is 24.5. The van der Waals surface area contributed by atoms with E-state index in [1.807, 2.05) is 6.07 Å². The normalized spacial score (nSPS) is 18.9. The highest BCUT2D eigenvalue weighted by molar-refractivity contribution is 5.91. The van der Waals surface area contributed by atoms with Gasteiger partial charge in [0.15, 0.2) is 0 Å². The van der Waals surface area contributed by atoms with Crippen molar-refractivity contribution in [2.24, 2.45) is 5.92 Å². The van der Waals surface area contributed by atoms with E-state index in [0.717, 1.165) is 0 Å². The number of aromatic nitrogens is 1. The van der Waals surface area contributed by atoms with Gasteiger partial charge >= 0.3 is 12.2 Å². The number of nitrogens with zero attached hydrogens (tertiary/aromatic N) is 3. The fourth-order valence-electron chi connectivity index (χ4n) is 4.43. The number of aryl methyl sites for hydroxylation is 1. The highest BCUT2D eigenvalue weighted by Gasteiger charge is 2.36. The smallest absolute Gasteiger partial charge is 0.384 e. The lowest BCUT2D eigenvalue weighted by atomic mass is 9.99. The molecule has 2 aliphatic heterocycles. The van der Waals surface area contributed by atoms with Gasteiger partial charge in [-0.1, -0.05) is 0 Å². The van der Waals surface area contributed by atoms with Crippen molar-refractivity contribution in [2.45, 2.75) is 25.9 Å². The minimum Gasteiger partial charge on any atom is -0.384 e. The second kappa shape index (κ2) is 9.65. The lowest BCUT2D eigenvalue weighted by molar-refractivity contribution is -0.143. The number of benzene rings is 1. The van der Waals surface area contributed by atoms with Crippen LogP contribution in [0.1, 0.15) is 18.4 Å². The van der Waals surface area contributed by atoms with E-state index >= 15 is 0 Å². The van der Waals surface area contributed by atoms with E-state index in [2.05, 4.69) is 15.2 Å². The number of nitrogens with two attached hydrogens (primary N) is 1. The fourth-order valence-corrected chi connectivity index (χ4v) is 4.43. The number of ether oxygens (including phenoxy) is 1. The Labute approximate surface area is 194 Å². The average molecular weight is 481 g/mol. The van der Waals surface area contributed by atoms with Crippen LogP contribution in [-0.4, -0.2) is 61.5 Å². The number of halogens is 4. The van der Waals surface area contributed by atoms with Crippen LogP contribution in [0.5, 0.6) is 0 Å². The van der Waals surface area contributed by atoms with Crippen LogP contribution in [0, 0.1) is 18.7 Å². The highest BCUT2D eigenvalue weighted by Crippen LogP contribution is 2.33. The Morgan fingerprint density at radius 3 is 2.65 bits per heavy atom. The van der Waals surface area contributed by atoms with Crippen LogP contribution in [-0.2, 0) is 4.74 Å². The van der Waals surface area contributed by atoms with Crippen LogP contribution in [0.25, 0.3) is 11.1 Å². The minimum atomic E-state index is -4.28. The first kappa shape index (κ1) is 24.1. The Kier molecular flexibility index (Phi) is 6.83. The van der Waals surface area contributed by atoms with Gasteiger partial charge in [-0.15, -0.1) is 0 Å². The van der Waals surface area contributed by atoms with Crippen LogP contribution in [0.15, 0.2) is 24.3 Å². The Bertz CT molecular complexity index is 1060. The number of anilines is 3. The van der Waals surface area contributed by atoms with Crippen molar-refractivity contribution in [2.75, 3.05) is 55.3 Å². The van der Waals surface area contributed by atoms with Crippen molar-refractivity contribution in [1.29, 1.82) is 0 Å². The molecule has 0 saturated carbocycles. The molecule has 3 N–H and O–H groups in total. The molecule has 2 aliphatic rings. The van der Waals surface area contributed by atoms with Gasteiger partial charge in [0.2, 0.25) is 0 Å². The van der Waals surface area contributed by atoms with E-state index in [0.29, 0.717) is 54.6 Å². The second-order valence-corrected chi connectivity index (χ2v) is 8.74. The van der Waals surface area contributed by atoms with E-state index in [1.54, 1.807) is 13.0 Å². The predicted octanol–water partition coefficient (Wildman–Crippen LogP) is 4.42. The molecule has 2 saturated heterocycles. The van der Waals surface area contributed by atoms with E-state index in [-0.39, 0.29) is 25.2 Å². The van der Waals surface area contributed by atoms with Crippen molar-refractivity contribution in [3.63, 3.8) is 0 Å². The third-order valence-corrected chi connectivity index (χ3v) is 6.13. The third kappa shape index (κ3) is 5.69. The molecule has 184 valence electrons. The summed E-state index contributed by atoms with van der Waals surface area (Å²) in [6.07, 6.45) is -4.95. The number of hydrogen-bond acceptors (Lipinski definition) is 5. The zero-order valence-electron chi connectivity index (χ0n) is 18.8. The molecule has 2 fully saturated rings. The number of urea groups is 1. The topological polar surface area (TPSA) is 83.7 Å². The number of carbonyl (C=O) groups is 1. The van der Waals surface area contributed by atoms with Gasteiger partial charge in [0, 0.05) is 32.6 Å². The number of nitrogens with one attached hydrogen (secondary N) is 1. The van der Waals surface area contributed by atoms with Crippen molar-refractivity contribution >= 4 is 23.4 Å².